The molecule has 1 nitrogen and oxygen atoms in total. The molecule has 1 aromatic rings. The van der Waals surface area contributed by atoms with Gasteiger partial charge in [0.2, 0.25) is 0 Å². The summed E-state index contributed by atoms with van der Waals surface area (Å²) in [7, 11) is 0. The molecular weight excluding hydrogens is 204 g/mol. The van der Waals surface area contributed by atoms with E-state index in [-0.39, 0.29) is 6.10 Å². The zero-order valence-corrected chi connectivity index (χ0v) is 9.37. The lowest BCUT2D eigenvalue weighted by molar-refractivity contribution is 0.162. The predicted octanol–water partition coefficient (Wildman–Crippen LogP) is 3.50. The molecule has 0 aliphatic rings. The van der Waals surface area contributed by atoms with Crippen LogP contribution >= 0.6 is 22.9 Å². The van der Waals surface area contributed by atoms with Crippen LogP contribution in [-0.2, 0) is 6.42 Å². The molecule has 1 rings (SSSR count). The quantitative estimate of drug-likeness (QED) is 0.802. The third-order valence-corrected chi connectivity index (χ3v) is 3.21. The molecule has 13 heavy (non-hydrogen) atoms. The summed E-state index contributed by atoms with van der Waals surface area (Å²) in [5, 5.41) is 9.61. The van der Waals surface area contributed by atoms with Crippen molar-refractivity contribution in [3.05, 3.63) is 21.3 Å². The Kier molecular flexibility index (Phi) is 4.78. The van der Waals surface area contributed by atoms with Crippen LogP contribution in [0.1, 0.15) is 31.1 Å². The van der Waals surface area contributed by atoms with Gasteiger partial charge in [-0.3, -0.25) is 0 Å². The standard InChI is InChI=1S/C10H15ClOS/c1-2-3-4-8(12)7-9-5-6-10(11)13-9/h5-6,8,12H,2-4,7H2,1H3. The molecule has 1 unspecified atom stereocenters. The van der Waals surface area contributed by atoms with Crippen LogP contribution in [0, 0.1) is 0 Å². The van der Waals surface area contributed by atoms with E-state index in [4.69, 9.17) is 11.6 Å². The van der Waals surface area contributed by atoms with Gasteiger partial charge in [0.1, 0.15) is 0 Å². The molecule has 0 aliphatic heterocycles. The molecule has 0 saturated heterocycles. The molecule has 0 saturated carbocycles. The minimum absolute atomic E-state index is 0.199. The summed E-state index contributed by atoms with van der Waals surface area (Å²) >= 11 is 7.34. The highest BCUT2D eigenvalue weighted by Crippen LogP contribution is 2.23. The Morgan fingerprint density at radius 3 is 2.85 bits per heavy atom. The molecule has 0 aliphatic carbocycles. The Morgan fingerprint density at radius 2 is 2.31 bits per heavy atom. The van der Waals surface area contributed by atoms with Crippen LogP contribution in [0.5, 0.6) is 0 Å². The normalized spacial score (nSPS) is 13.2. The first-order valence-corrected chi connectivity index (χ1v) is 5.84. The van der Waals surface area contributed by atoms with Crippen LogP contribution in [0.15, 0.2) is 12.1 Å². The average molecular weight is 219 g/mol. The van der Waals surface area contributed by atoms with E-state index in [0.29, 0.717) is 0 Å². The second-order valence-corrected chi connectivity index (χ2v) is 5.01. The van der Waals surface area contributed by atoms with Gasteiger partial charge in [-0.05, 0) is 18.6 Å². The molecule has 1 aromatic heterocycles. The first kappa shape index (κ1) is 11.0. The zero-order chi connectivity index (χ0) is 9.68. The second-order valence-electron chi connectivity index (χ2n) is 3.21. The summed E-state index contributed by atoms with van der Waals surface area (Å²) in [6.45, 7) is 2.13. The van der Waals surface area contributed by atoms with Gasteiger partial charge < -0.3 is 5.11 Å². The van der Waals surface area contributed by atoms with Crippen LogP contribution < -0.4 is 0 Å². The molecule has 3 heteroatoms. The van der Waals surface area contributed by atoms with Crippen molar-refractivity contribution >= 4 is 22.9 Å². The summed E-state index contributed by atoms with van der Waals surface area (Å²) < 4.78 is 0.803. The van der Waals surface area contributed by atoms with Crippen molar-refractivity contribution < 1.29 is 5.11 Å². The molecule has 1 atom stereocenters. The van der Waals surface area contributed by atoms with Crippen LogP contribution in [0.2, 0.25) is 4.34 Å². The lowest BCUT2D eigenvalue weighted by atomic mass is 10.1. The van der Waals surface area contributed by atoms with E-state index in [0.717, 1.165) is 30.0 Å². The fraction of sp³-hybridized carbons (Fsp3) is 0.600. The molecule has 0 aromatic carbocycles. The Hall–Kier alpha value is -0.0500. The topological polar surface area (TPSA) is 20.2 Å². The number of aliphatic hydroxyl groups excluding tert-OH is 1. The van der Waals surface area contributed by atoms with Crippen LogP contribution in [-0.4, -0.2) is 11.2 Å². The van der Waals surface area contributed by atoms with Crippen molar-refractivity contribution in [1.82, 2.24) is 0 Å². The predicted molar refractivity (Wildman–Crippen MR) is 58.6 cm³/mol. The van der Waals surface area contributed by atoms with Crippen molar-refractivity contribution in [2.24, 2.45) is 0 Å². The Labute approximate surface area is 88.4 Å². The maximum absolute atomic E-state index is 9.61. The number of aliphatic hydroxyl groups is 1. The molecule has 0 radical (unpaired) electrons. The van der Waals surface area contributed by atoms with Gasteiger partial charge in [-0.25, -0.2) is 0 Å². The van der Waals surface area contributed by atoms with Gasteiger partial charge >= 0.3 is 0 Å². The first-order chi connectivity index (χ1) is 6.22. The number of rotatable bonds is 5. The molecule has 1 heterocycles. The SMILES string of the molecule is CCCCC(O)Cc1ccc(Cl)s1. The fourth-order valence-corrected chi connectivity index (χ4v) is 2.39. The van der Waals surface area contributed by atoms with E-state index >= 15 is 0 Å². The summed E-state index contributed by atoms with van der Waals surface area (Å²) in [6.07, 6.45) is 3.68. The van der Waals surface area contributed by atoms with Gasteiger partial charge in [-0.15, -0.1) is 11.3 Å². The van der Waals surface area contributed by atoms with E-state index in [1.807, 2.05) is 12.1 Å². The summed E-state index contributed by atoms with van der Waals surface area (Å²) in [4.78, 5) is 1.17. The minimum Gasteiger partial charge on any atom is -0.393 e. The minimum atomic E-state index is -0.199. The molecule has 0 bridgehead atoms. The second kappa shape index (κ2) is 5.63. The Morgan fingerprint density at radius 1 is 1.54 bits per heavy atom. The van der Waals surface area contributed by atoms with E-state index in [9.17, 15) is 5.11 Å². The molecule has 0 fully saturated rings. The van der Waals surface area contributed by atoms with E-state index in [1.165, 1.54) is 4.88 Å². The highest BCUT2D eigenvalue weighted by Gasteiger charge is 2.06. The van der Waals surface area contributed by atoms with Crippen molar-refractivity contribution in [3.63, 3.8) is 0 Å². The average Bonchev–Trinajstić information content (AvgIpc) is 2.48. The van der Waals surface area contributed by atoms with Crippen LogP contribution in [0.3, 0.4) is 0 Å². The van der Waals surface area contributed by atoms with Gasteiger partial charge in [-0.2, -0.15) is 0 Å². The number of hydrogen-bond donors (Lipinski definition) is 1. The van der Waals surface area contributed by atoms with Crippen molar-refractivity contribution in [1.29, 1.82) is 0 Å². The van der Waals surface area contributed by atoms with Crippen LogP contribution in [0.4, 0.5) is 0 Å². The first-order valence-electron chi connectivity index (χ1n) is 4.64. The third kappa shape index (κ3) is 4.12. The van der Waals surface area contributed by atoms with E-state index in [1.54, 1.807) is 11.3 Å². The van der Waals surface area contributed by atoms with Gasteiger partial charge in [-0.1, -0.05) is 31.4 Å². The van der Waals surface area contributed by atoms with Gasteiger partial charge in [0.05, 0.1) is 10.4 Å². The summed E-state index contributed by atoms with van der Waals surface area (Å²) in [5.41, 5.74) is 0. The molecule has 0 amide bonds. The lowest BCUT2D eigenvalue weighted by Gasteiger charge is -2.07. The van der Waals surface area contributed by atoms with Gasteiger partial charge in [0.15, 0.2) is 0 Å². The van der Waals surface area contributed by atoms with Crippen molar-refractivity contribution in [2.75, 3.05) is 0 Å². The number of halogens is 1. The highest BCUT2D eigenvalue weighted by atomic mass is 35.5. The largest absolute Gasteiger partial charge is 0.393 e. The molecule has 0 spiro atoms. The number of hydrogen-bond acceptors (Lipinski definition) is 2. The van der Waals surface area contributed by atoms with Crippen LogP contribution in [0.25, 0.3) is 0 Å². The van der Waals surface area contributed by atoms with Crippen molar-refractivity contribution in [3.8, 4) is 0 Å². The molecular formula is C10H15ClOS. The van der Waals surface area contributed by atoms with Gasteiger partial charge in [0, 0.05) is 11.3 Å². The Balaban J connectivity index is 2.31. The zero-order valence-electron chi connectivity index (χ0n) is 7.79. The third-order valence-electron chi connectivity index (χ3n) is 1.96. The number of unbranched alkanes of at least 4 members (excludes halogenated alkanes) is 1. The summed E-state index contributed by atoms with van der Waals surface area (Å²) in [6, 6.07) is 3.87. The summed E-state index contributed by atoms with van der Waals surface area (Å²) in [5.74, 6) is 0. The maximum atomic E-state index is 9.61. The monoisotopic (exact) mass is 218 g/mol. The van der Waals surface area contributed by atoms with E-state index in [2.05, 4.69) is 6.92 Å². The molecule has 74 valence electrons. The highest BCUT2D eigenvalue weighted by molar-refractivity contribution is 7.16. The fourth-order valence-electron chi connectivity index (χ4n) is 1.24. The van der Waals surface area contributed by atoms with E-state index < -0.39 is 0 Å². The smallest absolute Gasteiger partial charge is 0.0931 e. The lowest BCUT2D eigenvalue weighted by Crippen LogP contribution is -2.08. The number of thiophene rings is 1. The molecule has 1 N–H and O–H groups in total. The van der Waals surface area contributed by atoms with Gasteiger partial charge in [0.25, 0.3) is 0 Å². The Bertz CT molecular complexity index is 247. The van der Waals surface area contributed by atoms with Crippen molar-refractivity contribution in [2.45, 2.75) is 38.7 Å². The maximum Gasteiger partial charge on any atom is 0.0931 e.